The molecule has 0 aliphatic heterocycles. The smallest absolute Gasteiger partial charge is 0.255 e. The van der Waals surface area contributed by atoms with E-state index in [1.165, 1.54) is 12.0 Å². The molecule has 0 amide bonds. The van der Waals surface area contributed by atoms with E-state index in [-0.39, 0.29) is 11.7 Å². The van der Waals surface area contributed by atoms with Crippen LogP contribution in [0.25, 0.3) is 10.8 Å². The van der Waals surface area contributed by atoms with Gasteiger partial charge in [-0.15, -0.1) is 0 Å². The highest BCUT2D eigenvalue weighted by Crippen LogP contribution is 2.44. The molecule has 1 saturated carbocycles. The van der Waals surface area contributed by atoms with E-state index in [1.54, 1.807) is 12.3 Å². The first kappa shape index (κ1) is 22.9. The molecule has 0 unspecified atom stereocenters. The minimum Gasteiger partial charge on any atom is -0.489 e. The first-order chi connectivity index (χ1) is 15.5. The van der Waals surface area contributed by atoms with E-state index in [0.29, 0.717) is 27.6 Å². The molecule has 2 N–H and O–H groups in total. The molecule has 0 saturated heterocycles. The molecule has 1 aromatic heterocycles. The monoisotopic (exact) mass is 452 g/mol. The summed E-state index contributed by atoms with van der Waals surface area (Å²) in [5, 5.41) is 5.79. The number of H-pyrrole nitrogens is 1. The van der Waals surface area contributed by atoms with Gasteiger partial charge in [-0.25, -0.2) is 0 Å². The standard InChI is InChI=1S/C27H33ClN2O2/c1-3-25(30-18-19-8-6-5-7-9-19)27(4-2)13-10-21(11-14-27)32-24-16-20-12-15-29-26(31)22(20)17-23(24)28/h5-9,12,15-17,21,25,30H,3-4,10-11,13-14,18H2,1-2H3,(H,29,31)/t21?,25-,27?/m1/s1. The summed E-state index contributed by atoms with van der Waals surface area (Å²) in [6.07, 6.45) is 8.40. The maximum absolute atomic E-state index is 12.0. The number of ether oxygens (including phenoxy) is 1. The first-order valence-electron chi connectivity index (χ1n) is 11.8. The molecule has 0 radical (unpaired) electrons. The lowest BCUT2D eigenvalue weighted by atomic mass is 9.66. The van der Waals surface area contributed by atoms with Crippen molar-refractivity contribution >= 4 is 22.4 Å². The quantitative estimate of drug-likeness (QED) is 0.412. The van der Waals surface area contributed by atoms with E-state index in [9.17, 15) is 4.79 Å². The lowest BCUT2D eigenvalue weighted by Crippen LogP contribution is -2.47. The zero-order valence-electron chi connectivity index (χ0n) is 19.0. The van der Waals surface area contributed by atoms with Crippen LogP contribution in [-0.2, 0) is 6.54 Å². The van der Waals surface area contributed by atoms with Crippen LogP contribution in [0.2, 0.25) is 5.02 Å². The van der Waals surface area contributed by atoms with Crippen LogP contribution in [0.4, 0.5) is 0 Å². The van der Waals surface area contributed by atoms with Gasteiger partial charge in [0.15, 0.2) is 0 Å². The number of rotatable bonds is 8. The van der Waals surface area contributed by atoms with E-state index in [4.69, 9.17) is 16.3 Å². The fourth-order valence-electron chi connectivity index (χ4n) is 5.32. The number of fused-ring (bicyclic) bond motifs is 1. The molecule has 1 heterocycles. The van der Waals surface area contributed by atoms with E-state index in [0.717, 1.165) is 44.0 Å². The Bertz CT molecular complexity index is 1090. The number of benzene rings is 2. The van der Waals surface area contributed by atoms with Crippen LogP contribution in [0.5, 0.6) is 5.75 Å². The Kier molecular flexibility index (Phi) is 7.22. The van der Waals surface area contributed by atoms with Crippen molar-refractivity contribution in [2.45, 2.75) is 71.1 Å². The van der Waals surface area contributed by atoms with Gasteiger partial charge in [0.25, 0.3) is 5.56 Å². The Balaban J connectivity index is 1.42. The van der Waals surface area contributed by atoms with Gasteiger partial charge in [0, 0.05) is 24.2 Å². The summed E-state index contributed by atoms with van der Waals surface area (Å²) in [5.41, 5.74) is 1.50. The molecular weight excluding hydrogens is 420 g/mol. The van der Waals surface area contributed by atoms with Gasteiger partial charge in [0.2, 0.25) is 0 Å². The molecule has 170 valence electrons. The minimum atomic E-state index is -0.130. The van der Waals surface area contributed by atoms with Gasteiger partial charge in [-0.1, -0.05) is 55.8 Å². The normalized spacial score (nSPS) is 22.0. The van der Waals surface area contributed by atoms with Crippen LogP contribution in [0.1, 0.15) is 57.9 Å². The number of aromatic amines is 1. The topological polar surface area (TPSA) is 54.1 Å². The molecule has 0 bridgehead atoms. The summed E-state index contributed by atoms with van der Waals surface area (Å²) in [4.78, 5) is 14.7. The highest BCUT2D eigenvalue weighted by Gasteiger charge is 2.40. The average molecular weight is 453 g/mol. The molecular formula is C27H33ClN2O2. The summed E-state index contributed by atoms with van der Waals surface area (Å²) in [7, 11) is 0. The fraction of sp³-hybridized carbons (Fsp3) is 0.444. The fourth-order valence-corrected chi connectivity index (χ4v) is 5.53. The maximum atomic E-state index is 12.0. The van der Waals surface area contributed by atoms with Crippen LogP contribution in [0, 0.1) is 5.41 Å². The molecule has 1 aliphatic carbocycles. The van der Waals surface area contributed by atoms with Crippen molar-refractivity contribution < 1.29 is 4.74 Å². The Morgan fingerprint density at radius 3 is 2.59 bits per heavy atom. The third-order valence-corrected chi connectivity index (χ3v) is 7.59. The lowest BCUT2D eigenvalue weighted by molar-refractivity contribution is 0.0457. The highest BCUT2D eigenvalue weighted by atomic mass is 35.5. The summed E-state index contributed by atoms with van der Waals surface area (Å²) >= 11 is 6.46. The molecule has 3 aromatic rings. The molecule has 1 fully saturated rings. The van der Waals surface area contributed by atoms with Gasteiger partial charge in [-0.3, -0.25) is 4.79 Å². The highest BCUT2D eigenvalue weighted by molar-refractivity contribution is 6.32. The van der Waals surface area contributed by atoms with Gasteiger partial charge < -0.3 is 15.0 Å². The van der Waals surface area contributed by atoms with E-state index in [1.807, 2.05) is 12.1 Å². The third-order valence-electron chi connectivity index (χ3n) is 7.30. The van der Waals surface area contributed by atoms with Crippen molar-refractivity contribution in [2.24, 2.45) is 5.41 Å². The zero-order chi connectivity index (χ0) is 22.6. The van der Waals surface area contributed by atoms with Crippen molar-refractivity contribution in [3.63, 3.8) is 0 Å². The van der Waals surface area contributed by atoms with Crippen LogP contribution in [-0.4, -0.2) is 17.1 Å². The number of aromatic nitrogens is 1. The molecule has 1 aliphatic rings. The molecule has 5 heteroatoms. The SMILES string of the molecule is CC[C@@H](NCc1ccccc1)C1(CC)CCC(Oc2cc3cc[nH]c(=O)c3cc2Cl)CC1. The Morgan fingerprint density at radius 2 is 1.91 bits per heavy atom. The van der Waals surface area contributed by atoms with Crippen LogP contribution >= 0.6 is 11.6 Å². The lowest BCUT2D eigenvalue weighted by Gasteiger charge is -2.45. The van der Waals surface area contributed by atoms with E-state index < -0.39 is 0 Å². The Labute approximate surface area is 195 Å². The molecule has 0 spiro atoms. The van der Waals surface area contributed by atoms with Gasteiger partial charge in [-0.05, 0) is 73.1 Å². The van der Waals surface area contributed by atoms with Crippen LogP contribution < -0.4 is 15.6 Å². The predicted molar refractivity (Wildman–Crippen MR) is 133 cm³/mol. The molecule has 1 atom stereocenters. The minimum absolute atomic E-state index is 0.130. The second-order valence-electron chi connectivity index (χ2n) is 9.04. The second-order valence-corrected chi connectivity index (χ2v) is 9.44. The average Bonchev–Trinajstić information content (AvgIpc) is 2.82. The van der Waals surface area contributed by atoms with Crippen molar-refractivity contribution in [3.8, 4) is 5.75 Å². The third kappa shape index (κ3) is 4.87. The first-order valence-corrected chi connectivity index (χ1v) is 12.2. The van der Waals surface area contributed by atoms with Crippen molar-refractivity contribution in [1.82, 2.24) is 10.3 Å². The number of hydrogen-bond donors (Lipinski definition) is 2. The van der Waals surface area contributed by atoms with Gasteiger partial charge in [-0.2, -0.15) is 0 Å². The van der Waals surface area contributed by atoms with E-state index >= 15 is 0 Å². The summed E-state index contributed by atoms with van der Waals surface area (Å²) in [6.45, 7) is 5.53. The van der Waals surface area contributed by atoms with Gasteiger partial charge in [0.1, 0.15) is 5.75 Å². The van der Waals surface area contributed by atoms with Crippen LogP contribution in [0.15, 0.2) is 59.5 Å². The van der Waals surface area contributed by atoms with Gasteiger partial charge in [0.05, 0.1) is 11.1 Å². The van der Waals surface area contributed by atoms with Gasteiger partial charge >= 0.3 is 0 Å². The summed E-state index contributed by atoms with van der Waals surface area (Å²) < 4.78 is 6.35. The van der Waals surface area contributed by atoms with Crippen LogP contribution in [0.3, 0.4) is 0 Å². The Morgan fingerprint density at radius 1 is 1.16 bits per heavy atom. The second kappa shape index (κ2) is 10.1. The zero-order valence-corrected chi connectivity index (χ0v) is 19.8. The summed E-state index contributed by atoms with van der Waals surface area (Å²) in [6, 6.07) is 16.6. The predicted octanol–water partition coefficient (Wildman–Crippen LogP) is 6.47. The number of pyridine rings is 1. The molecule has 4 rings (SSSR count). The van der Waals surface area contributed by atoms with Crippen molar-refractivity contribution in [3.05, 3.63) is 75.7 Å². The molecule has 2 aromatic carbocycles. The molecule has 32 heavy (non-hydrogen) atoms. The van der Waals surface area contributed by atoms with E-state index in [2.05, 4.69) is 54.5 Å². The number of hydrogen-bond acceptors (Lipinski definition) is 3. The Hall–Kier alpha value is -2.30. The van der Waals surface area contributed by atoms with Crippen molar-refractivity contribution in [1.29, 1.82) is 0 Å². The number of halogens is 1. The largest absolute Gasteiger partial charge is 0.489 e. The maximum Gasteiger partial charge on any atom is 0.255 e. The number of nitrogens with one attached hydrogen (secondary N) is 2. The molecule has 4 nitrogen and oxygen atoms in total. The summed E-state index contributed by atoms with van der Waals surface area (Å²) in [5.74, 6) is 0.674. The van der Waals surface area contributed by atoms with Crippen molar-refractivity contribution in [2.75, 3.05) is 0 Å².